The summed E-state index contributed by atoms with van der Waals surface area (Å²) in [5, 5.41) is 0. The van der Waals surface area contributed by atoms with Gasteiger partial charge in [-0.15, -0.1) is 0 Å². The number of aromatic nitrogens is 1. The van der Waals surface area contributed by atoms with Crippen LogP contribution in [0.3, 0.4) is 0 Å². The van der Waals surface area contributed by atoms with Gasteiger partial charge in [0.15, 0.2) is 0 Å². The summed E-state index contributed by atoms with van der Waals surface area (Å²) < 4.78 is 1.17. The molecule has 3 rings (SSSR count). The largest absolute Gasteiger partial charge is 0.361 e. The second-order valence-corrected chi connectivity index (χ2v) is 5.04. The normalized spacial score (nSPS) is 13.5. The standard InChI is InChI=1S/C13H12BrN/c1-8-7-15-13-11(8)4-2-9-6-10(14)3-5-12(9)13/h3,5-7,15H,2,4H2,1H3. The minimum Gasteiger partial charge on any atom is -0.361 e. The third kappa shape index (κ3) is 1.36. The Labute approximate surface area is 97.7 Å². The SMILES string of the molecule is Cc1c[nH]c2c1CCc1cc(Br)ccc1-2. The van der Waals surface area contributed by atoms with Crippen molar-refractivity contribution >= 4 is 15.9 Å². The zero-order valence-corrected chi connectivity index (χ0v) is 10.2. The van der Waals surface area contributed by atoms with Crippen LogP contribution in [0.4, 0.5) is 0 Å². The van der Waals surface area contributed by atoms with Gasteiger partial charge < -0.3 is 4.98 Å². The molecule has 1 aromatic carbocycles. The number of H-pyrrole nitrogens is 1. The van der Waals surface area contributed by atoms with Gasteiger partial charge in [0.05, 0.1) is 0 Å². The van der Waals surface area contributed by atoms with Gasteiger partial charge in [-0.2, -0.15) is 0 Å². The summed E-state index contributed by atoms with van der Waals surface area (Å²) in [5.74, 6) is 0. The minimum absolute atomic E-state index is 1.15. The van der Waals surface area contributed by atoms with Crippen LogP contribution in [0.2, 0.25) is 0 Å². The molecular weight excluding hydrogens is 250 g/mol. The number of benzene rings is 1. The van der Waals surface area contributed by atoms with Crippen LogP contribution < -0.4 is 0 Å². The Hall–Kier alpha value is -1.02. The highest BCUT2D eigenvalue weighted by Crippen LogP contribution is 2.35. The molecule has 0 radical (unpaired) electrons. The van der Waals surface area contributed by atoms with Crippen LogP contribution in [0.25, 0.3) is 11.3 Å². The van der Waals surface area contributed by atoms with E-state index in [-0.39, 0.29) is 0 Å². The lowest BCUT2D eigenvalue weighted by Gasteiger charge is -2.17. The van der Waals surface area contributed by atoms with Crippen LogP contribution in [0.15, 0.2) is 28.9 Å². The van der Waals surface area contributed by atoms with Crippen LogP contribution in [0.1, 0.15) is 16.7 Å². The Kier molecular flexibility index (Phi) is 1.99. The second-order valence-electron chi connectivity index (χ2n) is 4.13. The van der Waals surface area contributed by atoms with Crippen molar-refractivity contribution in [3.8, 4) is 11.3 Å². The van der Waals surface area contributed by atoms with Crippen molar-refractivity contribution in [2.75, 3.05) is 0 Å². The average molecular weight is 262 g/mol. The highest BCUT2D eigenvalue weighted by atomic mass is 79.9. The van der Waals surface area contributed by atoms with Crippen LogP contribution in [0.5, 0.6) is 0 Å². The summed E-state index contributed by atoms with van der Waals surface area (Å²) in [6.45, 7) is 2.18. The van der Waals surface area contributed by atoms with E-state index in [9.17, 15) is 0 Å². The zero-order valence-electron chi connectivity index (χ0n) is 8.60. The van der Waals surface area contributed by atoms with E-state index in [0.29, 0.717) is 0 Å². The van der Waals surface area contributed by atoms with Gasteiger partial charge in [-0.3, -0.25) is 0 Å². The Morgan fingerprint density at radius 2 is 2.13 bits per heavy atom. The molecule has 1 aliphatic carbocycles. The molecular formula is C13H12BrN. The fourth-order valence-electron chi connectivity index (χ4n) is 2.39. The molecule has 1 nitrogen and oxygen atoms in total. The van der Waals surface area contributed by atoms with Gasteiger partial charge in [0.2, 0.25) is 0 Å². The Morgan fingerprint density at radius 3 is 3.00 bits per heavy atom. The van der Waals surface area contributed by atoms with E-state index in [1.54, 1.807) is 0 Å². The highest BCUT2D eigenvalue weighted by molar-refractivity contribution is 9.10. The number of rotatable bonds is 0. The molecule has 0 fully saturated rings. The smallest absolute Gasteiger partial charge is 0.0492 e. The number of hydrogen-bond donors (Lipinski definition) is 1. The fourth-order valence-corrected chi connectivity index (χ4v) is 2.80. The lowest BCUT2D eigenvalue weighted by molar-refractivity contribution is 0.933. The number of aryl methyl sites for hydroxylation is 2. The lowest BCUT2D eigenvalue weighted by atomic mass is 9.89. The summed E-state index contributed by atoms with van der Waals surface area (Å²) in [5.41, 5.74) is 7.01. The summed E-state index contributed by atoms with van der Waals surface area (Å²) in [7, 11) is 0. The Bertz CT molecular complexity index is 525. The summed E-state index contributed by atoms with van der Waals surface area (Å²) in [4.78, 5) is 3.39. The first-order valence-corrected chi connectivity index (χ1v) is 6.00. The molecule has 0 saturated heterocycles. The molecule has 1 N–H and O–H groups in total. The van der Waals surface area contributed by atoms with Crippen LogP contribution in [0, 0.1) is 6.92 Å². The first kappa shape index (κ1) is 9.22. The molecule has 0 saturated carbocycles. The lowest BCUT2D eigenvalue weighted by Crippen LogP contribution is -2.03. The van der Waals surface area contributed by atoms with Crippen molar-refractivity contribution in [1.82, 2.24) is 4.98 Å². The van der Waals surface area contributed by atoms with Crippen molar-refractivity contribution < 1.29 is 0 Å². The van der Waals surface area contributed by atoms with E-state index in [1.807, 2.05) is 0 Å². The molecule has 0 spiro atoms. The van der Waals surface area contributed by atoms with Gasteiger partial charge in [0.25, 0.3) is 0 Å². The quantitative estimate of drug-likeness (QED) is 0.742. The molecule has 2 aromatic rings. The van der Waals surface area contributed by atoms with Gasteiger partial charge in [0.1, 0.15) is 0 Å². The molecule has 0 aliphatic heterocycles. The Morgan fingerprint density at radius 1 is 1.27 bits per heavy atom. The molecule has 76 valence electrons. The van der Waals surface area contributed by atoms with E-state index in [2.05, 4.69) is 52.2 Å². The minimum atomic E-state index is 1.15. The molecule has 1 heterocycles. The third-order valence-corrected chi connectivity index (χ3v) is 3.69. The first-order valence-electron chi connectivity index (χ1n) is 5.21. The summed E-state index contributed by atoms with van der Waals surface area (Å²) in [6.07, 6.45) is 4.43. The maximum atomic E-state index is 3.53. The predicted octanol–water partition coefficient (Wildman–Crippen LogP) is 3.85. The summed E-state index contributed by atoms with van der Waals surface area (Å²) in [6, 6.07) is 6.55. The second kappa shape index (κ2) is 3.24. The van der Waals surface area contributed by atoms with Crippen molar-refractivity contribution in [3.63, 3.8) is 0 Å². The predicted molar refractivity (Wildman–Crippen MR) is 66.1 cm³/mol. The summed E-state index contributed by atoms with van der Waals surface area (Å²) >= 11 is 3.53. The molecule has 0 atom stereocenters. The number of halogens is 1. The van der Waals surface area contributed by atoms with Crippen molar-refractivity contribution in [2.24, 2.45) is 0 Å². The van der Waals surface area contributed by atoms with E-state index >= 15 is 0 Å². The van der Waals surface area contributed by atoms with Gasteiger partial charge in [-0.05, 0) is 48.6 Å². The van der Waals surface area contributed by atoms with Gasteiger partial charge in [0, 0.05) is 21.9 Å². The number of nitrogens with one attached hydrogen (secondary N) is 1. The fraction of sp³-hybridized carbons (Fsp3) is 0.231. The van der Waals surface area contributed by atoms with Gasteiger partial charge in [-0.25, -0.2) is 0 Å². The van der Waals surface area contributed by atoms with E-state index in [0.717, 1.165) is 12.8 Å². The Balaban J connectivity index is 2.26. The maximum absolute atomic E-state index is 3.53. The first-order chi connectivity index (χ1) is 7.25. The number of fused-ring (bicyclic) bond motifs is 3. The topological polar surface area (TPSA) is 15.8 Å². The molecule has 15 heavy (non-hydrogen) atoms. The number of aromatic amines is 1. The van der Waals surface area contributed by atoms with Gasteiger partial charge >= 0.3 is 0 Å². The van der Waals surface area contributed by atoms with E-state index in [1.165, 1.54) is 32.4 Å². The van der Waals surface area contributed by atoms with Crippen LogP contribution in [-0.4, -0.2) is 4.98 Å². The molecule has 1 aromatic heterocycles. The van der Waals surface area contributed by atoms with Crippen molar-refractivity contribution in [3.05, 3.63) is 45.6 Å². The van der Waals surface area contributed by atoms with Gasteiger partial charge in [-0.1, -0.05) is 22.0 Å². The molecule has 0 unspecified atom stereocenters. The molecule has 1 aliphatic rings. The van der Waals surface area contributed by atoms with Crippen LogP contribution in [-0.2, 0) is 12.8 Å². The molecule has 0 bridgehead atoms. The maximum Gasteiger partial charge on any atom is 0.0492 e. The average Bonchev–Trinajstić information content (AvgIpc) is 2.60. The van der Waals surface area contributed by atoms with E-state index in [4.69, 9.17) is 0 Å². The van der Waals surface area contributed by atoms with Crippen LogP contribution >= 0.6 is 15.9 Å². The monoisotopic (exact) mass is 261 g/mol. The van der Waals surface area contributed by atoms with Crippen molar-refractivity contribution in [2.45, 2.75) is 19.8 Å². The molecule has 0 amide bonds. The zero-order chi connectivity index (χ0) is 10.4. The van der Waals surface area contributed by atoms with E-state index < -0.39 is 0 Å². The molecule has 2 heteroatoms. The van der Waals surface area contributed by atoms with Crippen molar-refractivity contribution in [1.29, 1.82) is 0 Å². The number of hydrogen-bond acceptors (Lipinski definition) is 0. The highest BCUT2D eigenvalue weighted by Gasteiger charge is 2.18. The third-order valence-electron chi connectivity index (χ3n) is 3.19.